The van der Waals surface area contributed by atoms with Crippen LogP contribution in [0.2, 0.25) is 0 Å². The average Bonchev–Trinajstić information content (AvgIpc) is 2.71. The molecule has 0 aliphatic heterocycles. The first kappa shape index (κ1) is 20.2. The fraction of sp³-hybridized carbons (Fsp3) is 0.350. The van der Waals surface area contributed by atoms with E-state index in [2.05, 4.69) is 5.32 Å². The molecule has 0 unspecified atom stereocenters. The molecule has 0 fully saturated rings. The SMILES string of the molecule is COc1ccc(OC)c(NC(=O)CCc2cc(OC)c(OC)c(OC)c2)c1. The molecular weight excluding hydrogens is 350 g/mol. The highest BCUT2D eigenvalue weighted by molar-refractivity contribution is 5.92. The van der Waals surface area contributed by atoms with Gasteiger partial charge in [0.05, 0.1) is 41.2 Å². The highest BCUT2D eigenvalue weighted by atomic mass is 16.5. The molecule has 2 rings (SSSR count). The number of benzene rings is 2. The number of hydrogen-bond acceptors (Lipinski definition) is 6. The number of nitrogens with one attached hydrogen (secondary N) is 1. The second-order valence-corrected chi connectivity index (χ2v) is 5.65. The fourth-order valence-electron chi connectivity index (χ4n) is 2.66. The lowest BCUT2D eigenvalue weighted by Gasteiger charge is -2.14. The Bertz CT molecular complexity index is 765. The molecule has 146 valence electrons. The lowest BCUT2D eigenvalue weighted by molar-refractivity contribution is -0.116. The zero-order chi connectivity index (χ0) is 19.8. The minimum absolute atomic E-state index is 0.143. The number of aryl methyl sites for hydroxylation is 1. The highest BCUT2D eigenvalue weighted by Gasteiger charge is 2.14. The molecule has 0 saturated heterocycles. The van der Waals surface area contributed by atoms with Crippen LogP contribution in [-0.4, -0.2) is 41.5 Å². The first-order valence-corrected chi connectivity index (χ1v) is 8.37. The number of rotatable bonds is 9. The second kappa shape index (κ2) is 9.56. The van der Waals surface area contributed by atoms with Crippen molar-refractivity contribution in [3.8, 4) is 28.7 Å². The van der Waals surface area contributed by atoms with Crippen LogP contribution in [0.5, 0.6) is 28.7 Å². The van der Waals surface area contributed by atoms with Gasteiger partial charge in [-0.1, -0.05) is 0 Å². The van der Waals surface area contributed by atoms with Gasteiger partial charge in [0.15, 0.2) is 11.5 Å². The van der Waals surface area contributed by atoms with Gasteiger partial charge in [-0.15, -0.1) is 0 Å². The van der Waals surface area contributed by atoms with Crippen molar-refractivity contribution in [2.75, 3.05) is 40.9 Å². The van der Waals surface area contributed by atoms with Crippen LogP contribution in [0.3, 0.4) is 0 Å². The average molecular weight is 375 g/mol. The Hall–Kier alpha value is -3.09. The molecular formula is C20H25NO6. The molecule has 7 nitrogen and oxygen atoms in total. The van der Waals surface area contributed by atoms with E-state index < -0.39 is 0 Å². The number of ether oxygens (including phenoxy) is 5. The molecule has 0 aromatic heterocycles. The van der Waals surface area contributed by atoms with Crippen molar-refractivity contribution < 1.29 is 28.5 Å². The first-order chi connectivity index (χ1) is 13.1. The van der Waals surface area contributed by atoms with Crippen molar-refractivity contribution in [3.05, 3.63) is 35.9 Å². The molecule has 0 spiro atoms. The minimum Gasteiger partial charge on any atom is -0.497 e. The van der Waals surface area contributed by atoms with Crippen LogP contribution < -0.4 is 29.0 Å². The lowest BCUT2D eigenvalue weighted by Crippen LogP contribution is -2.13. The molecule has 2 aromatic rings. The summed E-state index contributed by atoms with van der Waals surface area (Å²) in [6.45, 7) is 0. The molecule has 0 aliphatic carbocycles. The molecule has 0 saturated carbocycles. The summed E-state index contributed by atoms with van der Waals surface area (Å²) in [6.07, 6.45) is 0.786. The predicted octanol–water partition coefficient (Wildman–Crippen LogP) is 3.30. The van der Waals surface area contributed by atoms with E-state index in [9.17, 15) is 4.79 Å². The van der Waals surface area contributed by atoms with Crippen molar-refractivity contribution in [1.82, 2.24) is 0 Å². The monoisotopic (exact) mass is 375 g/mol. The van der Waals surface area contributed by atoms with E-state index in [1.165, 1.54) is 0 Å². The molecule has 0 heterocycles. The zero-order valence-corrected chi connectivity index (χ0v) is 16.3. The van der Waals surface area contributed by atoms with E-state index in [-0.39, 0.29) is 12.3 Å². The third-order valence-corrected chi connectivity index (χ3v) is 4.05. The van der Waals surface area contributed by atoms with Crippen LogP contribution in [0.4, 0.5) is 5.69 Å². The molecule has 0 atom stereocenters. The van der Waals surface area contributed by atoms with E-state index in [1.54, 1.807) is 53.7 Å². The van der Waals surface area contributed by atoms with Gasteiger partial charge in [-0.05, 0) is 36.2 Å². The van der Waals surface area contributed by atoms with Crippen LogP contribution in [0.25, 0.3) is 0 Å². The second-order valence-electron chi connectivity index (χ2n) is 5.65. The first-order valence-electron chi connectivity index (χ1n) is 8.37. The van der Waals surface area contributed by atoms with Gasteiger partial charge >= 0.3 is 0 Å². The van der Waals surface area contributed by atoms with E-state index in [0.29, 0.717) is 40.9 Å². The Morgan fingerprint density at radius 3 is 1.96 bits per heavy atom. The normalized spacial score (nSPS) is 10.1. The number of carbonyl (C=O) groups excluding carboxylic acids is 1. The van der Waals surface area contributed by atoms with Gasteiger partial charge in [0.2, 0.25) is 11.7 Å². The van der Waals surface area contributed by atoms with Crippen molar-refractivity contribution in [1.29, 1.82) is 0 Å². The predicted molar refractivity (Wildman–Crippen MR) is 103 cm³/mol. The molecule has 1 N–H and O–H groups in total. The number of anilines is 1. The van der Waals surface area contributed by atoms with Crippen molar-refractivity contribution in [2.45, 2.75) is 12.8 Å². The summed E-state index contributed by atoms with van der Waals surface area (Å²) in [5.41, 5.74) is 1.46. The van der Waals surface area contributed by atoms with Crippen LogP contribution in [0.15, 0.2) is 30.3 Å². The molecule has 0 radical (unpaired) electrons. The largest absolute Gasteiger partial charge is 0.497 e. The van der Waals surface area contributed by atoms with Crippen LogP contribution in [-0.2, 0) is 11.2 Å². The maximum absolute atomic E-state index is 12.4. The summed E-state index contributed by atoms with van der Waals surface area (Å²) in [5, 5.41) is 2.86. The Morgan fingerprint density at radius 1 is 0.815 bits per heavy atom. The van der Waals surface area contributed by atoms with Gasteiger partial charge in [0.25, 0.3) is 0 Å². The number of carbonyl (C=O) groups is 1. The van der Waals surface area contributed by atoms with E-state index in [0.717, 1.165) is 5.56 Å². The summed E-state index contributed by atoms with van der Waals surface area (Å²) in [6, 6.07) is 8.90. The number of hydrogen-bond donors (Lipinski definition) is 1. The Morgan fingerprint density at radius 2 is 1.44 bits per heavy atom. The van der Waals surface area contributed by atoms with Crippen molar-refractivity contribution in [2.24, 2.45) is 0 Å². The third kappa shape index (κ3) is 4.97. The molecule has 27 heavy (non-hydrogen) atoms. The van der Waals surface area contributed by atoms with Gasteiger partial charge in [0, 0.05) is 12.5 Å². The third-order valence-electron chi connectivity index (χ3n) is 4.05. The van der Waals surface area contributed by atoms with Gasteiger partial charge in [-0.25, -0.2) is 0 Å². The van der Waals surface area contributed by atoms with Crippen LogP contribution in [0.1, 0.15) is 12.0 Å². The van der Waals surface area contributed by atoms with E-state index in [1.807, 2.05) is 12.1 Å². The van der Waals surface area contributed by atoms with E-state index >= 15 is 0 Å². The maximum atomic E-state index is 12.4. The Kier molecular flexibility index (Phi) is 7.16. The Balaban J connectivity index is 2.10. The van der Waals surface area contributed by atoms with Crippen molar-refractivity contribution >= 4 is 11.6 Å². The van der Waals surface area contributed by atoms with Gasteiger partial charge in [-0.3, -0.25) is 4.79 Å². The smallest absolute Gasteiger partial charge is 0.224 e. The summed E-state index contributed by atoms with van der Waals surface area (Å²) < 4.78 is 26.5. The van der Waals surface area contributed by atoms with Crippen LogP contribution in [0, 0.1) is 0 Å². The summed E-state index contributed by atoms with van der Waals surface area (Å²) in [7, 11) is 7.78. The topological polar surface area (TPSA) is 75.3 Å². The van der Waals surface area contributed by atoms with Crippen LogP contribution >= 0.6 is 0 Å². The van der Waals surface area contributed by atoms with Gasteiger partial charge in [-0.2, -0.15) is 0 Å². The fourth-order valence-corrected chi connectivity index (χ4v) is 2.66. The molecule has 7 heteroatoms. The summed E-state index contributed by atoms with van der Waals surface area (Å²) in [5.74, 6) is 2.70. The van der Waals surface area contributed by atoms with Crippen molar-refractivity contribution in [3.63, 3.8) is 0 Å². The quantitative estimate of drug-likeness (QED) is 0.725. The zero-order valence-electron chi connectivity index (χ0n) is 16.3. The molecule has 0 aliphatic rings. The molecule has 2 aromatic carbocycles. The van der Waals surface area contributed by atoms with Gasteiger partial charge in [0.1, 0.15) is 11.5 Å². The van der Waals surface area contributed by atoms with E-state index in [4.69, 9.17) is 23.7 Å². The molecule has 0 bridgehead atoms. The summed E-state index contributed by atoms with van der Waals surface area (Å²) >= 11 is 0. The standard InChI is InChI=1S/C20H25NO6/c1-23-14-7-8-16(24-2)15(12-14)21-19(22)9-6-13-10-17(25-3)20(27-5)18(11-13)26-4/h7-8,10-12H,6,9H2,1-5H3,(H,21,22). The van der Waals surface area contributed by atoms with Gasteiger partial charge < -0.3 is 29.0 Å². The minimum atomic E-state index is -0.143. The lowest BCUT2D eigenvalue weighted by atomic mass is 10.1. The Labute approximate surface area is 159 Å². The number of amides is 1. The summed E-state index contributed by atoms with van der Waals surface area (Å²) in [4.78, 5) is 12.4. The maximum Gasteiger partial charge on any atom is 0.224 e. The number of methoxy groups -OCH3 is 5. The highest BCUT2D eigenvalue weighted by Crippen LogP contribution is 2.38. The molecule has 1 amide bonds.